The van der Waals surface area contributed by atoms with Crippen molar-refractivity contribution in [3.8, 4) is 5.75 Å². The van der Waals surface area contributed by atoms with Crippen LogP contribution >= 0.6 is 0 Å². The van der Waals surface area contributed by atoms with Gasteiger partial charge in [-0.2, -0.15) is 0 Å². The van der Waals surface area contributed by atoms with Gasteiger partial charge in [0.25, 0.3) is 5.69 Å². The molecular weight excluding hydrogens is 427 g/mol. The average molecular weight is 454 g/mol. The first-order valence-electron chi connectivity index (χ1n) is 11.4. The zero-order valence-corrected chi connectivity index (χ0v) is 18.6. The van der Waals surface area contributed by atoms with E-state index in [0.717, 1.165) is 38.5 Å². The van der Waals surface area contributed by atoms with Crippen molar-refractivity contribution in [3.63, 3.8) is 0 Å². The Morgan fingerprint density at radius 2 is 2.00 bits per heavy atom. The monoisotopic (exact) mass is 454 g/mol. The zero-order chi connectivity index (χ0) is 23.4. The molecule has 2 heterocycles. The number of nitro groups is 1. The number of carbonyl (C=O) groups is 1. The number of halogens is 1. The molecule has 0 bridgehead atoms. The number of unbranched alkanes of at least 4 members (excludes halogenated alkanes) is 1. The predicted octanol–water partition coefficient (Wildman–Crippen LogP) is 5.53. The number of non-ortho nitro benzene ring substituents is 1. The molecule has 33 heavy (non-hydrogen) atoms. The molecule has 0 spiro atoms. The van der Waals surface area contributed by atoms with Crippen molar-refractivity contribution in [3.05, 3.63) is 69.2 Å². The molecule has 3 aromatic rings. The molecule has 0 N–H and O–H groups in total. The minimum atomic E-state index is -0.615. The van der Waals surface area contributed by atoms with Crippen molar-refractivity contribution >= 4 is 22.4 Å². The van der Waals surface area contributed by atoms with Crippen molar-refractivity contribution in [1.82, 2.24) is 4.90 Å². The largest absolute Gasteiger partial charge is 0.489 e. The minimum Gasteiger partial charge on any atom is -0.489 e. The van der Waals surface area contributed by atoms with E-state index in [4.69, 9.17) is 9.15 Å². The van der Waals surface area contributed by atoms with Crippen molar-refractivity contribution in [2.45, 2.75) is 39.0 Å². The van der Waals surface area contributed by atoms with E-state index in [2.05, 4.69) is 4.90 Å². The summed E-state index contributed by atoms with van der Waals surface area (Å²) in [6.07, 6.45) is 4.55. The van der Waals surface area contributed by atoms with Gasteiger partial charge in [0.1, 0.15) is 18.0 Å². The Hall–Kier alpha value is -3.26. The highest BCUT2D eigenvalue weighted by Gasteiger charge is 2.24. The number of aryl methyl sites for hydroxylation is 1. The predicted molar refractivity (Wildman–Crippen MR) is 122 cm³/mol. The van der Waals surface area contributed by atoms with Gasteiger partial charge in [0.2, 0.25) is 0 Å². The molecule has 4 rings (SSSR count). The first-order chi connectivity index (χ1) is 16.0. The van der Waals surface area contributed by atoms with E-state index in [0.29, 0.717) is 29.8 Å². The number of rotatable bonds is 10. The van der Waals surface area contributed by atoms with Gasteiger partial charge in [0.05, 0.1) is 10.5 Å². The van der Waals surface area contributed by atoms with Gasteiger partial charge in [-0.15, -0.1) is 0 Å². The maximum Gasteiger partial charge on any atom is 0.270 e. The van der Waals surface area contributed by atoms with E-state index < -0.39 is 16.5 Å². The summed E-state index contributed by atoms with van der Waals surface area (Å²) in [5, 5.41) is 11.6. The lowest BCUT2D eigenvalue weighted by molar-refractivity contribution is -0.384. The van der Waals surface area contributed by atoms with E-state index in [9.17, 15) is 19.3 Å². The van der Waals surface area contributed by atoms with Gasteiger partial charge in [-0.3, -0.25) is 19.8 Å². The molecule has 1 aliphatic rings. The molecule has 1 aliphatic heterocycles. The molecule has 1 saturated heterocycles. The number of hydrogen-bond donors (Lipinski definition) is 0. The van der Waals surface area contributed by atoms with E-state index in [1.807, 2.05) is 6.92 Å². The minimum absolute atomic E-state index is 0.102. The summed E-state index contributed by atoms with van der Waals surface area (Å²) in [4.78, 5) is 26.4. The Morgan fingerprint density at radius 3 is 2.70 bits per heavy atom. The van der Waals surface area contributed by atoms with Crippen molar-refractivity contribution in [2.75, 3.05) is 26.2 Å². The van der Waals surface area contributed by atoms with Crippen LogP contribution in [-0.4, -0.2) is 41.8 Å². The molecule has 174 valence electrons. The first-order valence-corrected chi connectivity index (χ1v) is 11.4. The molecule has 0 aliphatic carbocycles. The second kappa shape index (κ2) is 10.1. The van der Waals surface area contributed by atoms with Gasteiger partial charge in [0.15, 0.2) is 17.3 Å². The van der Waals surface area contributed by atoms with Gasteiger partial charge in [0, 0.05) is 36.0 Å². The van der Waals surface area contributed by atoms with Gasteiger partial charge >= 0.3 is 0 Å². The molecule has 7 nitrogen and oxygen atoms in total. The highest BCUT2D eigenvalue weighted by atomic mass is 19.1. The molecule has 0 atom stereocenters. The summed E-state index contributed by atoms with van der Waals surface area (Å²) in [5.74, 6) is -0.479. The highest BCUT2D eigenvalue weighted by molar-refractivity contribution is 6.17. The highest BCUT2D eigenvalue weighted by Crippen LogP contribution is 2.33. The molecule has 8 heteroatoms. The van der Waals surface area contributed by atoms with E-state index in [1.54, 1.807) is 0 Å². The standard InChI is InChI=1S/C25H27FN2O5/c1-2-3-6-23-24(19-16-18(28(30)31)8-10-21(19)33-23)25(29)17-7-9-22(20(26)15-17)32-14-13-27-11-4-5-12-27/h7-10,15-16H,2-6,11-14H2,1H3. The van der Waals surface area contributed by atoms with Crippen LogP contribution in [0.25, 0.3) is 11.0 Å². The molecule has 0 unspecified atom stereocenters. The molecular formula is C25H27FN2O5. The number of likely N-dealkylation sites (tertiary alicyclic amines) is 1. The van der Waals surface area contributed by atoms with Crippen LogP contribution < -0.4 is 4.74 Å². The number of ketones is 1. The van der Waals surface area contributed by atoms with Gasteiger partial charge in [-0.05, 0) is 56.6 Å². The second-order valence-corrected chi connectivity index (χ2v) is 8.31. The molecule has 2 aromatic carbocycles. The van der Waals surface area contributed by atoms with Crippen LogP contribution in [0.5, 0.6) is 5.75 Å². The Balaban J connectivity index is 1.60. The van der Waals surface area contributed by atoms with Gasteiger partial charge < -0.3 is 9.15 Å². The number of benzene rings is 2. The molecule has 1 aromatic heterocycles. The summed E-state index contributed by atoms with van der Waals surface area (Å²) >= 11 is 0. The van der Waals surface area contributed by atoms with Crippen LogP contribution in [0.15, 0.2) is 40.8 Å². The SMILES string of the molecule is CCCCc1oc2ccc([N+](=O)[O-])cc2c1C(=O)c1ccc(OCCN2CCCC2)c(F)c1. The van der Waals surface area contributed by atoms with E-state index in [-0.39, 0.29) is 22.6 Å². The Morgan fingerprint density at radius 1 is 1.21 bits per heavy atom. The topological polar surface area (TPSA) is 85.8 Å². The number of ether oxygens (including phenoxy) is 1. The van der Waals surface area contributed by atoms with E-state index in [1.165, 1.54) is 43.2 Å². The number of furan rings is 1. The zero-order valence-electron chi connectivity index (χ0n) is 18.6. The number of carbonyl (C=O) groups excluding carboxylic acids is 1. The summed E-state index contributed by atoms with van der Waals surface area (Å²) in [5.41, 5.74) is 0.667. The molecule has 0 radical (unpaired) electrons. The maximum atomic E-state index is 14.7. The van der Waals surface area contributed by atoms with Crippen LogP contribution in [0.1, 0.15) is 54.3 Å². The van der Waals surface area contributed by atoms with Crippen LogP contribution in [0, 0.1) is 15.9 Å². The number of nitrogens with zero attached hydrogens (tertiary/aromatic N) is 2. The summed E-state index contributed by atoms with van der Waals surface area (Å²) in [6, 6.07) is 8.33. The first kappa shape index (κ1) is 22.9. The molecule has 0 amide bonds. The lowest BCUT2D eigenvalue weighted by Crippen LogP contribution is -2.25. The Labute approximate surface area is 191 Å². The lowest BCUT2D eigenvalue weighted by Gasteiger charge is -2.15. The van der Waals surface area contributed by atoms with Gasteiger partial charge in [-0.1, -0.05) is 13.3 Å². The number of fused-ring (bicyclic) bond motifs is 1. The normalized spacial score (nSPS) is 14.1. The van der Waals surface area contributed by atoms with Crippen molar-refractivity contribution in [2.24, 2.45) is 0 Å². The maximum absolute atomic E-state index is 14.7. The third kappa shape index (κ3) is 5.06. The quantitative estimate of drug-likeness (QED) is 0.228. The lowest BCUT2D eigenvalue weighted by atomic mass is 9.98. The average Bonchev–Trinajstić information content (AvgIpc) is 3.45. The third-order valence-electron chi connectivity index (χ3n) is 6.00. The van der Waals surface area contributed by atoms with Crippen LogP contribution in [0.3, 0.4) is 0 Å². The smallest absolute Gasteiger partial charge is 0.270 e. The van der Waals surface area contributed by atoms with Gasteiger partial charge in [-0.25, -0.2) is 4.39 Å². The fourth-order valence-corrected chi connectivity index (χ4v) is 4.21. The van der Waals surface area contributed by atoms with Crippen LogP contribution in [-0.2, 0) is 6.42 Å². The van der Waals surface area contributed by atoms with Crippen molar-refractivity contribution < 1.29 is 23.3 Å². The number of nitro benzene ring substituents is 1. The summed E-state index contributed by atoms with van der Waals surface area (Å²) in [6.45, 7) is 5.21. The van der Waals surface area contributed by atoms with Crippen molar-refractivity contribution in [1.29, 1.82) is 0 Å². The fourth-order valence-electron chi connectivity index (χ4n) is 4.21. The van der Waals surface area contributed by atoms with Crippen LogP contribution in [0.4, 0.5) is 10.1 Å². The van der Waals surface area contributed by atoms with Crippen LogP contribution in [0.2, 0.25) is 0 Å². The Kier molecular flexibility index (Phi) is 7.03. The molecule has 0 saturated carbocycles. The fraction of sp³-hybridized carbons (Fsp3) is 0.400. The third-order valence-corrected chi connectivity index (χ3v) is 6.00. The van der Waals surface area contributed by atoms with E-state index >= 15 is 0 Å². The second-order valence-electron chi connectivity index (χ2n) is 8.31. The molecule has 1 fully saturated rings. The Bertz CT molecular complexity index is 1170. The number of hydrogen-bond acceptors (Lipinski definition) is 6. The summed E-state index contributed by atoms with van der Waals surface area (Å²) < 4.78 is 26.2. The summed E-state index contributed by atoms with van der Waals surface area (Å²) in [7, 11) is 0.